The summed E-state index contributed by atoms with van der Waals surface area (Å²) in [5.74, 6) is -1.58. The van der Waals surface area contributed by atoms with Crippen molar-refractivity contribution >= 4 is 11.9 Å². The molecule has 0 aromatic heterocycles. The predicted molar refractivity (Wildman–Crippen MR) is 77.0 cm³/mol. The highest BCUT2D eigenvalue weighted by atomic mass is 16.4. The van der Waals surface area contributed by atoms with Crippen LogP contribution in [-0.4, -0.2) is 18.4 Å². The minimum atomic E-state index is -1.03. The van der Waals surface area contributed by atoms with Crippen LogP contribution in [-0.2, 0) is 9.59 Å². The molecule has 0 aromatic carbocycles. The monoisotopic (exact) mass is 290 g/mol. The second-order valence-electron chi connectivity index (χ2n) is 6.85. The zero-order valence-electron chi connectivity index (χ0n) is 12.5. The van der Waals surface area contributed by atoms with E-state index >= 15 is 0 Å². The number of aliphatic carboxylic acids is 1. The summed E-state index contributed by atoms with van der Waals surface area (Å²) in [6, 6.07) is 0. The molecule has 2 bridgehead atoms. The largest absolute Gasteiger partial charge is 0.550 e. The highest BCUT2D eigenvalue weighted by Crippen LogP contribution is 2.52. The van der Waals surface area contributed by atoms with Crippen LogP contribution in [0.15, 0.2) is 11.6 Å². The maximum atomic E-state index is 12.4. The lowest BCUT2D eigenvalue weighted by Crippen LogP contribution is -2.46. The number of carbonyl (C=O) groups excluding carboxylic acids is 2. The molecule has 0 aliphatic heterocycles. The summed E-state index contributed by atoms with van der Waals surface area (Å²) in [6.45, 7) is 0.637. The SMILES string of the molecule is O=C([O-])[C@H]1[C@H]2CC[C@H](C2)[C@@H]1C(=O)NCCC1=CCCCC1. The Kier molecular flexibility index (Phi) is 4.32. The molecule has 0 aromatic rings. The number of hydrogen-bond acceptors (Lipinski definition) is 3. The van der Waals surface area contributed by atoms with E-state index in [-0.39, 0.29) is 23.7 Å². The smallest absolute Gasteiger partial charge is 0.224 e. The Morgan fingerprint density at radius 1 is 1.19 bits per heavy atom. The van der Waals surface area contributed by atoms with Gasteiger partial charge in [0.2, 0.25) is 5.91 Å². The summed E-state index contributed by atoms with van der Waals surface area (Å²) < 4.78 is 0. The molecular formula is C17H24NO3-. The molecule has 0 heterocycles. The first-order chi connectivity index (χ1) is 10.2. The van der Waals surface area contributed by atoms with Crippen LogP contribution in [0.4, 0.5) is 0 Å². The molecular weight excluding hydrogens is 266 g/mol. The van der Waals surface area contributed by atoms with E-state index in [4.69, 9.17) is 0 Å². The molecule has 2 fully saturated rings. The zero-order chi connectivity index (χ0) is 14.8. The topological polar surface area (TPSA) is 69.2 Å². The fourth-order valence-corrected chi connectivity index (χ4v) is 4.60. The van der Waals surface area contributed by atoms with Gasteiger partial charge < -0.3 is 15.2 Å². The van der Waals surface area contributed by atoms with Crippen molar-refractivity contribution in [2.45, 2.75) is 51.4 Å². The third-order valence-corrected chi connectivity index (χ3v) is 5.62. The molecule has 0 unspecified atom stereocenters. The van der Waals surface area contributed by atoms with E-state index in [1.165, 1.54) is 18.4 Å². The predicted octanol–water partition coefficient (Wildman–Crippen LogP) is 1.41. The molecule has 0 spiro atoms. The summed E-state index contributed by atoms with van der Waals surface area (Å²) in [7, 11) is 0. The number of hydrogen-bond donors (Lipinski definition) is 1. The summed E-state index contributed by atoms with van der Waals surface area (Å²) in [5, 5.41) is 14.3. The Labute approximate surface area is 126 Å². The maximum Gasteiger partial charge on any atom is 0.224 e. The standard InChI is InChI=1S/C17H25NO3/c19-16(18-9-8-11-4-2-1-3-5-11)14-12-6-7-13(10-12)15(14)17(20)21/h4,12-15H,1-3,5-10H2,(H,18,19)(H,20,21)/p-1/t12-,13+,14+,15+/m1/s1. The Balaban J connectivity index is 1.52. The van der Waals surface area contributed by atoms with Crippen LogP contribution >= 0.6 is 0 Å². The molecule has 0 radical (unpaired) electrons. The van der Waals surface area contributed by atoms with Gasteiger partial charge in [-0.15, -0.1) is 0 Å². The van der Waals surface area contributed by atoms with Crippen LogP contribution in [0.25, 0.3) is 0 Å². The second kappa shape index (κ2) is 6.20. The van der Waals surface area contributed by atoms with Crippen LogP contribution in [0.5, 0.6) is 0 Å². The van der Waals surface area contributed by atoms with E-state index in [1.54, 1.807) is 0 Å². The van der Waals surface area contributed by atoms with Gasteiger partial charge in [0.05, 0.1) is 0 Å². The van der Waals surface area contributed by atoms with E-state index in [9.17, 15) is 14.7 Å². The molecule has 116 valence electrons. The van der Waals surface area contributed by atoms with Gasteiger partial charge in [0, 0.05) is 24.3 Å². The summed E-state index contributed by atoms with van der Waals surface area (Å²) in [6.07, 6.45) is 10.8. The number of carboxylic acid groups (broad SMARTS) is 1. The first kappa shape index (κ1) is 14.6. The fourth-order valence-electron chi connectivity index (χ4n) is 4.60. The third kappa shape index (κ3) is 2.99. The summed E-state index contributed by atoms with van der Waals surface area (Å²) >= 11 is 0. The van der Waals surface area contributed by atoms with Crippen molar-refractivity contribution in [3.05, 3.63) is 11.6 Å². The van der Waals surface area contributed by atoms with Crippen molar-refractivity contribution in [3.63, 3.8) is 0 Å². The molecule has 4 nitrogen and oxygen atoms in total. The molecule has 4 atom stereocenters. The number of nitrogens with one attached hydrogen (secondary N) is 1. The first-order valence-electron chi connectivity index (χ1n) is 8.33. The summed E-state index contributed by atoms with van der Waals surface area (Å²) in [4.78, 5) is 23.7. The number of carboxylic acids is 1. The molecule has 3 aliphatic carbocycles. The average molecular weight is 290 g/mol. The number of rotatable bonds is 5. The molecule has 4 heteroatoms. The summed E-state index contributed by atoms with van der Waals surface area (Å²) in [5.41, 5.74) is 1.44. The normalized spacial score (nSPS) is 34.6. The van der Waals surface area contributed by atoms with Crippen LogP contribution in [0.1, 0.15) is 51.4 Å². The molecule has 0 saturated heterocycles. The highest BCUT2D eigenvalue weighted by Gasteiger charge is 2.51. The van der Waals surface area contributed by atoms with Crippen LogP contribution in [0, 0.1) is 23.7 Å². The minimum absolute atomic E-state index is 0.0622. The van der Waals surface area contributed by atoms with Gasteiger partial charge in [-0.1, -0.05) is 11.6 Å². The van der Waals surface area contributed by atoms with Crippen molar-refractivity contribution < 1.29 is 14.7 Å². The maximum absolute atomic E-state index is 12.4. The van der Waals surface area contributed by atoms with Gasteiger partial charge in [0.1, 0.15) is 0 Å². The lowest BCUT2D eigenvalue weighted by molar-refractivity contribution is -0.314. The first-order valence-corrected chi connectivity index (χ1v) is 8.33. The van der Waals surface area contributed by atoms with Crippen molar-refractivity contribution in [2.75, 3.05) is 6.54 Å². The van der Waals surface area contributed by atoms with Crippen molar-refractivity contribution in [3.8, 4) is 0 Å². The van der Waals surface area contributed by atoms with Gasteiger partial charge in [-0.3, -0.25) is 4.79 Å². The lowest BCUT2D eigenvalue weighted by atomic mass is 9.78. The second-order valence-corrected chi connectivity index (χ2v) is 6.85. The van der Waals surface area contributed by atoms with Gasteiger partial charge in [-0.2, -0.15) is 0 Å². The van der Waals surface area contributed by atoms with Crippen LogP contribution in [0.3, 0.4) is 0 Å². The lowest BCUT2D eigenvalue weighted by Gasteiger charge is -2.30. The van der Waals surface area contributed by atoms with E-state index in [1.807, 2.05) is 0 Å². The van der Waals surface area contributed by atoms with Crippen molar-refractivity contribution in [1.29, 1.82) is 0 Å². The van der Waals surface area contributed by atoms with E-state index in [2.05, 4.69) is 11.4 Å². The molecule has 1 N–H and O–H groups in total. The van der Waals surface area contributed by atoms with Gasteiger partial charge in [0.15, 0.2) is 0 Å². The quantitative estimate of drug-likeness (QED) is 0.778. The van der Waals surface area contributed by atoms with Crippen LogP contribution < -0.4 is 10.4 Å². The number of fused-ring (bicyclic) bond motifs is 2. The van der Waals surface area contributed by atoms with Crippen LogP contribution in [0.2, 0.25) is 0 Å². The van der Waals surface area contributed by atoms with E-state index in [0.717, 1.165) is 38.5 Å². The zero-order valence-corrected chi connectivity index (χ0v) is 12.5. The Bertz CT molecular complexity index is 457. The highest BCUT2D eigenvalue weighted by molar-refractivity contribution is 5.85. The fraction of sp³-hybridized carbons (Fsp3) is 0.765. The molecule has 3 aliphatic rings. The average Bonchev–Trinajstić information content (AvgIpc) is 3.08. The molecule has 3 rings (SSSR count). The molecule has 21 heavy (non-hydrogen) atoms. The minimum Gasteiger partial charge on any atom is -0.550 e. The van der Waals surface area contributed by atoms with Crippen molar-refractivity contribution in [1.82, 2.24) is 5.32 Å². The third-order valence-electron chi connectivity index (χ3n) is 5.62. The van der Waals surface area contributed by atoms with Gasteiger partial charge in [0.25, 0.3) is 0 Å². The molecule has 1 amide bonds. The molecule has 2 saturated carbocycles. The van der Waals surface area contributed by atoms with E-state index in [0.29, 0.717) is 6.54 Å². The van der Waals surface area contributed by atoms with Gasteiger partial charge in [-0.25, -0.2) is 0 Å². The van der Waals surface area contributed by atoms with Gasteiger partial charge in [-0.05, 0) is 63.2 Å². The number of amides is 1. The van der Waals surface area contributed by atoms with E-state index < -0.39 is 11.9 Å². The Morgan fingerprint density at radius 3 is 2.62 bits per heavy atom. The van der Waals surface area contributed by atoms with Gasteiger partial charge >= 0.3 is 0 Å². The Morgan fingerprint density at radius 2 is 1.95 bits per heavy atom. The number of carbonyl (C=O) groups is 2. The number of allylic oxidation sites excluding steroid dienone is 1. The van der Waals surface area contributed by atoms with Crippen molar-refractivity contribution in [2.24, 2.45) is 23.7 Å². The Hall–Kier alpha value is -1.32.